The number of rotatable bonds is 11. The van der Waals surface area contributed by atoms with Gasteiger partial charge in [-0.15, -0.1) is 0 Å². The predicted octanol–water partition coefficient (Wildman–Crippen LogP) is 6.76. The summed E-state index contributed by atoms with van der Waals surface area (Å²) in [6, 6.07) is 36.3. The number of oxazole rings is 1. The molecule has 3 heterocycles. The second kappa shape index (κ2) is 16.4. The lowest BCUT2D eigenvalue weighted by Crippen LogP contribution is -2.38. The van der Waals surface area contributed by atoms with Gasteiger partial charge in [-0.3, -0.25) is 4.98 Å². The molecule has 1 aliphatic heterocycles. The maximum Gasteiger partial charge on any atom is 0.374 e. The van der Waals surface area contributed by atoms with Crippen LogP contribution in [0.4, 0.5) is 5.69 Å². The lowest BCUT2D eigenvalue weighted by molar-refractivity contribution is -0.673. The quantitative estimate of drug-likeness (QED) is 0.102. The Morgan fingerprint density at radius 3 is 1.92 bits per heavy atom. The monoisotopic (exact) mass is 750 g/mol. The van der Waals surface area contributed by atoms with Gasteiger partial charge in [0.25, 0.3) is 5.52 Å². The van der Waals surface area contributed by atoms with Crippen molar-refractivity contribution in [3.63, 3.8) is 0 Å². The Morgan fingerprint density at radius 2 is 1.36 bits per heavy atom. The molecule has 0 N–H and O–H groups in total. The Labute approximate surface area is 308 Å². The number of hydrogen-bond acceptors (Lipinski definition) is 10. The molecule has 13 heteroatoms. The van der Waals surface area contributed by atoms with Crippen LogP contribution in [0, 0.1) is 0 Å². The van der Waals surface area contributed by atoms with E-state index in [1.807, 2.05) is 110 Å². The summed E-state index contributed by atoms with van der Waals surface area (Å²) in [5.74, 6) is -0.130. The molecule has 4 aromatic carbocycles. The zero-order valence-electron chi connectivity index (χ0n) is 28.7. The van der Waals surface area contributed by atoms with Gasteiger partial charge in [0, 0.05) is 31.1 Å². The van der Waals surface area contributed by atoms with Crippen LogP contribution in [0.2, 0.25) is 0 Å². The SMILES string of the molecule is CCC(=Cc1oc2ccc(-c3ccccc3)cc2[n+]1CCS(=O)(=O)[O-])C=C1Oc2ccc(-c3ccccc3)cc2N1CCS(=O)(=O)[O-].c1ccncc1. The van der Waals surface area contributed by atoms with Crippen molar-refractivity contribution < 1.29 is 39.7 Å². The minimum Gasteiger partial charge on any atom is -0.748 e. The van der Waals surface area contributed by atoms with E-state index in [2.05, 4.69) is 4.98 Å². The van der Waals surface area contributed by atoms with Crippen LogP contribution in [0.3, 0.4) is 0 Å². The molecule has 0 saturated heterocycles. The van der Waals surface area contributed by atoms with Gasteiger partial charge in [0.05, 0.1) is 33.4 Å². The van der Waals surface area contributed by atoms with Crippen LogP contribution in [-0.4, -0.2) is 49.0 Å². The first kappa shape index (κ1) is 37.2. The maximum atomic E-state index is 11.6. The fourth-order valence-corrected chi connectivity index (χ4v) is 6.59. The number of nitrogens with zero attached hydrogens (tertiary/aromatic N) is 3. The average Bonchev–Trinajstić information content (AvgIpc) is 3.69. The molecule has 0 amide bonds. The molecule has 2 aromatic heterocycles. The fourth-order valence-electron chi connectivity index (χ4n) is 5.78. The fraction of sp³-hybridized carbons (Fsp3) is 0.150. The van der Waals surface area contributed by atoms with Gasteiger partial charge in [-0.2, -0.15) is 4.57 Å². The highest BCUT2D eigenvalue weighted by atomic mass is 32.2. The van der Waals surface area contributed by atoms with E-state index in [4.69, 9.17) is 9.15 Å². The Bertz CT molecular complexity index is 2440. The van der Waals surface area contributed by atoms with Gasteiger partial charge in [-0.25, -0.2) is 16.8 Å². The Morgan fingerprint density at radius 1 is 0.755 bits per heavy atom. The molecule has 0 spiro atoms. The molecule has 7 rings (SSSR count). The molecule has 0 aliphatic carbocycles. The lowest BCUT2D eigenvalue weighted by Gasteiger charge is -2.20. The summed E-state index contributed by atoms with van der Waals surface area (Å²) in [6.45, 7) is 1.65. The third kappa shape index (κ3) is 9.84. The van der Waals surface area contributed by atoms with E-state index in [-0.39, 0.29) is 13.1 Å². The molecule has 11 nitrogen and oxygen atoms in total. The summed E-state index contributed by atoms with van der Waals surface area (Å²) in [6.07, 6.45) is 7.45. The molecule has 0 unspecified atom stereocenters. The van der Waals surface area contributed by atoms with Crippen molar-refractivity contribution in [2.75, 3.05) is 23.0 Å². The van der Waals surface area contributed by atoms with Crippen molar-refractivity contribution in [2.45, 2.75) is 19.9 Å². The second-order valence-electron chi connectivity index (χ2n) is 12.0. The van der Waals surface area contributed by atoms with Crippen LogP contribution in [0.1, 0.15) is 19.2 Å². The average molecular weight is 751 g/mol. The summed E-state index contributed by atoms with van der Waals surface area (Å²) in [7, 11) is -9.05. The summed E-state index contributed by atoms with van der Waals surface area (Å²) >= 11 is 0. The van der Waals surface area contributed by atoms with Crippen molar-refractivity contribution >= 4 is 43.1 Å². The number of pyridine rings is 1. The van der Waals surface area contributed by atoms with Crippen LogP contribution in [0.5, 0.6) is 5.75 Å². The topological polar surface area (TPSA) is 157 Å². The molecule has 0 radical (unpaired) electrons. The number of ether oxygens (including phenoxy) is 1. The number of anilines is 1. The van der Waals surface area contributed by atoms with Gasteiger partial charge < -0.3 is 23.2 Å². The normalized spacial score (nSPS) is 13.8. The minimum absolute atomic E-state index is 0.131. The highest BCUT2D eigenvalue weighted by Gasteiger charge is 2.28. The van der Waals surface area contributed by atoms with E-state index in [0.717, 1.165) is 22.3 Å². The number of allylic oxidation sites excluding steroid dienone is 2. The predicted molar refractivity (Wildman–Crippen MR) is 201 cm³/mol. The van der Waals surface area contributed by atoms with Crippen LogP contribution in [0.15, 0.2) is 150 Å². The van der Waals surface area contributed by atoms with Gasteiger partial charge in [-0.1, -0.05) is 85.8 Å². The van der Waals surface area contributed by atoms with E-state index in [1.54, 1.807) is 46.1 Å². The van der Waals surface area contributed by atoms with Crippen LogP contribution >= 0.6 is 0 Å². The van der Waals surface area contributed by atoms with E-state index in [1.165, 1.54) is 0 Å². The molecule has 0 fully saturated rings. The lowest BCUT2D eigenvalue weighted by atomic mass is 10.0. The van der Waals surface area contributed by atoms with Crippen molar-refractivity contribution in [3.05, 3.63) is 151 Å². The van der Waals surface area contributed by atoms with Crippen molar-refractivity contribution in [3.8, 4) is 28.0 Å². The van der Waals surface area contributed by atoms with E-state index in [0.29, 0.717) is 46.3 Å². The molecule has 272 valence electrons. The molecule has 53 heavy (non-hydrogen) atoms. The van der Waals surface area contributed by atoms with Gasteiger partial charge in [-0.05, 0) is 64.6 Å². The Hall–Kier alpha value is -5.60. The highest BCUT2D eigenvalue weighted by Crippen LogP contribution is 2.42. The minimum atomic E-state index is -4.53. The van der Waals surface area contributed by atoms with Crippen LogP contribution in [0.25, 0.3) is 39.4 Å². The van der Waals surface area contributed by atoms with Gasteiger partial charge in [0.2, 0.25) is 11.5 Å². The second-order valence-corrected chi connectivity index (χ2v) is 15.1. The summed E-state index contributed by atoms with van der Waals surface area (Å²) in [4.78, 5) is 5.44. The smallest absolute Gasteiger partial charge is 0.374 e. The number of aromatic nitrogens is 2. The zero-order valence-corrected chi connectivity index (χ0v) is 30.4. The molecule has 0 atom stereocenters. The summed E-state index contributed by atoms with van der Waals surface area (Å²) in [5, 5.41) is 0. The molecule has 0 saturated carbocycles. The number of benzene rings is 4. The van der Waals surface area contributed by atoms with Gasteiger partial charge in [0.15, 0.2) is 12.3 Å². The van der Waals surface area contributed by atoms with Crippen molar-refractivity contribution in [1.29, 1.82) is 0 Å². The zero-order chi connectivity index (χ0) is 37.4. The Balaban J connectivity index is 0.000000729. The van der Waals surface area contributed by atoms with Gasteiger partial charge in [0.1, 0.15) is 10.1 Å². The van der Waals surface area contributed by atoms with Crippen molar-refractivity contribution in [1.82, 2.24) is 4.98 Å². The number of fused-ring (bicyclic) bond motifs is 2. The first-order valence-corrected chi connectivity index (χ1v) is 19.9. The van der Waals surface area contributed by atoms with E-state index in [9.17, 15) is 25.9 Å². The highest BCUT2D eigenvalue weighted by molar-refractivity contribution is 7.85. The maximum absolute atomic E-state index is 11.6. The third-order valence-corrected chi connectivity index (χ3v) is 9.76. The van der Waals surface area contributed by atoms with Gasteiger partial charge >= 0.3 is 5.89 Å². The molecule has 0 bridgehead atoms. The molecular formula is C40H36N3O8S2-. The molecule has 6 aromatic rings. The van der Waals surface area contributed by atoms with Crippen LogP contribution < -0.4 is 14.2 Å². The van der Waals surface area contributed by atoms with Crippen molar-refractivity contribution in [2.24, 2.45) is 0 Å². The standard InChI is InChI=1S/C35H32N2O8S2.C5H5N/c1-2-25(21-34-36(17-19-46(38,39)40)30-23-28(13-15-32(30)44-34)26-9-5-3-6-10-26)22-35-37(18-20-47(41,42)43)31-24-29(14-16-33(31)45-35)27-11-7-4-8-12-27;1-2-4-6-5-3-1/h3-16,21-24H,2,17-20H2,1H3,(H-,38,39,40,41,42,43);1-5H/p-1. The number of aryl methyl sites for hydroxylation is 1. The Kier molecular flexibility index (Phi) is 11.5. The largest absolute Gasteiger partial charge is 0.748 e. The molecule has 1 aliphatic rings. The first-order chi connectivity index (χ1) is 25.5. The summed E-state index contributed by atoms with van der Waals surface area (Å²) < 4.78 is 83.9. The van der Waals surface area contributed by atoms with Crippen LogP contribution in [-0.2, 0) is 26.8 Å². The summed E-state index contributed by atoms with van der Waals surface area (Å²) in [5.41, 5.74) is 6.14. The third-order valence-electron chi connectivity index (χ3n) is 8.40. The molecular weight excluding hydrogens is 715 g/mol. The van der Waals surface area contributed by atoms with E-state index >= 15 is 0 Å². The number of hydrogen-bond donors (Lipinski definition) is 0. The van der Waals surface area contributed by atoms with E-state index < -0.39 is 31.7 Å². The first-order valence-electron chi connectivity index (χ1n) is 16.8.